The number of anilines is 1. The summed E-state index contributed by atoms with van der Waals surface area (Å²) < 4.78 is 6.62. The molecule has 0 bridgehead atoms. The van der Waals surface area contributed by atoms with Crippen molar-refractivity contribution in [3.63, 3.8) is 0 Å². The van der Waals surface area contributed by atoms with Gasteiger partial charge < -0.3 is 5.32 Å². The summed E-state index contributed by atoms with van der Waals surface area (Å²) >= 11 is 4.52. The van der Waals surface area contributed by atoms with Gasteiger partial charge in [-0.25, -0.2) is 4.68 Å². The van der Waals surface area contributed by atoms with Crippen molar-refractivity contribution in [3.8, 4) is 0 Å². The van der Waals surface area contributed by atoms with Gasteiger partial charge in [-0.05, 0) is 35.6 Å². The summed E-state index contributed by atoms with van der Waals surface area (Å²) in [5, 5.41) is 11.1. The molecule has 2 heterocycles. The van der Waals surface area contributed by atoms with Gasteiger partial charge in [-0.1, -0.05) is 39.5 Å². The zero-order valence-corrected chi connectivity index (χ0v) is 14.8. The monoisotopic (exact) mass is 391 g/mol. The molecule has 0 atom stereocenters. The van der Waals surface area contributed by atoms with Crippen LogP contribution in [-0.4, -0.2) is 25.3 Å². The molecule has 0 unspecified atom stereocenters. The van der Waals surface area contributed by atoms with Crippen molar-refractivity contribution in [3.05, 3.63) is 57.1 Å². The Morgan fingerprint density at radius 2 is 2.09 bits per heavy atom. The Morgan fingerprint density at radius 3 is 2.83 bits per heavy atom. The second-order valence-electron chi connectivity index (χ2n) is 4.86. The van der Waals surface area contributed by atoms with Crippen LogP contribution in [0.1, 0.15) is 27.9 Å². The summed E-state index contributed by atoms with van der Waals surface area (Å²) in [4.78, 5) is 12.9. The molecule has 0 saturated heterocycles. The molecule has 1 N–H and O–H groups in total. The molecule has 1 aromatic carbocycles. The van der Waals surface area contributed by atoms with Crippen LogP contribution in [0.4, 0.5) is 5.82 Å². The Bertz CT molecular complexity index is 811. The first-order valence-corrected chi connectivity index (χ1v) is 8.63. The number of aromatic nitrogens is 4. The van der Waals surface area contributed by atoms with Crippen LogP contribution >= 0.6 is 27.5 Å². The molecule has 3 aromatic rings. The number of carbonyl (C=O) groups is 1. The van der Waals surface area contributed by atoms with E-state index >= 15 is 0 Å². The fourth-order valence-corrected chi connectivity index (χ4v) is 3.02. The Hall–Kier alpha value is -2.06. The Morgan fingerprint density at radius 1 is 1.30 bits per heavy atom. The Kier molecular flexibility index (Phi) is 4.82. The number of amides is 1. The van der Waals surface area contributed by atoms with Crippen molar-refractivity contribution < 1.29 is 4.79 Å². The van der Waals surface area contributed by atoms with Crippen molar-refractivity contribution >= 4 is 39.2 Å². The van der Waals surface area contributed by atoms with Gasteiger partial charge in [0, 0.05) is 10.5 Å². The van der Waals surface area contributed by atoms with Gasteiger partial charge in [-0.15, -0.1) is 5.10 Å². The molecule has 8 heteroatoms. The maximum Gasteiger partial charge on any atom is 0.270 e. The van der Waals surface area contributed by atoms with Crippen LogP contribution < -0.4 is 5.32 Å². The molecule has 6 nitrogen and oxygen atoms in total. The van der Waals surface area contributed by atoms with Gasteiger partial charge in [-0.3, -0.25) is 4.79 Å². The maximum absolute atomic E-state index is 12.4. The van der Waals surface area contributed by atoms with Crippen LogP contribution in [0, 0.1) is 0 Å². The number of aryl methyl sites for hydroxylation is 1. The van der Waals surface area contributed by atoms with E-state index in [1.165, 1.54) is 0 Å². The van der Waals surface area contributed by atoms with Crippen LogP contribution in [0.2, 0.25) is 0 Å². The van der Waals surface area contributed by atoms with Crippen molar-refractivity contribution in [2.24, 2.45) is 0 Å². The van der Waals surface area contributed by atoms with Crippen LogP contribution in [0.15, 0.2) is 41.0 Å². The highest BCUT2D eigenvalue weighted by molar-refractivity contribution is 9.10. The number of halogens is 1. The van der Waals surface area contributed by atoms with Crippen LogP contribution in [0.3, 0.4) is 0 Å². The molecule has 1 amide bonds. The molecular formula is C15H14BrN5OS. The molecule has 3 rings (SSSR count). The summed E-state index contributed by atoms with van der Waals surface area (Å²) in [5.41, 5.74) is 1.81. The lowest BCUT2D eigenvalue weighted by molar-refractivity contribution is 0.102. The predicted molar refractivity (Wildman–Crippen MR) is 92.7 cm³/mol. The maximum atomic E-state index is 12.4. The molecule has 0 aliphatic carbocycles. The first-order chi connectivity index (χ1) is 11.2. The lowest BCUT2D eigenvalue weighted by Gasteiger charge is -2.09. The highest BCUT2D eigenvalue weighted by atomic mass is 79.9. The third-order valence-electron chi connectivity index (χ3n) is 3.30. The van der Waals surface area contributed by atoms with E-state index in [0.717, 1.165) is 21.6 Å². The third kappa shape index (κ3) is 3.65. The Balaban J connectivity index is 1.76. The van der Waals surface area contributed by atoms with Gasteiger partial charge in [0.1, 0.15) is 10.7 Å². The minimum atomic E-state index is -0.200. The van der Waals surface area contributed by atoms with Gasteiger partial charge >= 0.3 is 0 Å². The van der Waals surface area contributed by atoms with Crippen molar-refractivity contribution in [2.75, 3.05) is 5.32 Å². The lowest BCUT2D eigenvalue weighted by atomic mass is 10.2. The van der Waals surface area contributed by atoms with Crippen LogP contribution in [0.25, 0.3) is 0 Å². The van der Waals surface area contributed by atoms with Gasteiger partial charge in [-0.2, -0.15) is 5.10 Å². The summed E-state index contributed by atoms with van der Waals surface area (Å²) in [6.07, 6.45) is 2.34. The standard InChI is InChI=1S/C15H14BrN5OS/c1-2-12-14(23-20-19-12)15(22)18-13-7-8-17-21(13)9-10-3-5-11(16)6-4-10/h3-8H,2,9H2,1H3,(H,18,22). The van der Waals surface area contributed by atoms with Crippen molar-refractivity contribution in [1.82, 2.24) is 19.4 Å². The van der Waals surface area contributed by atoms with E-state index in [-0.39, 0.29) is 5.91 Å². The van der Waals surface area contributed by atoms with E-state index in [0.29, 0.717) is 29.4 Å². The minimum absolute atomic E-state index is 0.200. The van der Waals surface area contributed by atoms with E-state index in [2.05, 4.69) is 35.9 Å². The average Bonchev–Trinajstić information content (AvgIpc) is 3.19. The molecule has 118 valence electrons. The molecule has 0 spiro atoms. The zero-order chi connectivity index (χ0) is 16.2. The molecule has 0 aliphatic heterocycles. The minimum Gasteiger partial charge on any atom is -0.306 e. The number of carbonyl (C=O) groups excluding carboxylic acids is 1. The summed E-state index contributed by atoms with van der Waals surface area (Å²) in [5.74, 6) is 0.447. The van der Waals surface area contributed by atoms with Gasteiger partial charge in [0.2, 0.25) is 0 Å². The third-order valence-corrected chi connectivity index (χ3v) is 4.60. The molecule has 2 aromatic heterocycles. The molecule has 0 aliphatic rings. The molecular weight excluding hydrogens is 378 g/mol. The SMILES string of the molecule is CCc1nnsc1C(=O)Nc1ccnn1Cc1ccc(Br)cc1. The second kappa shape index (κ2) is 7.01. The molecule has 23 heavy (non-hydrogen) atoms. The number of benzene rings is 1. The van der Waals surface area contributed by atoms with Crippen molar-refractivity contribution in [1.29, 1.82) is 0 Å². The van der Waals surface area contributed by atoms with Crippen LogP contribution in [0.5, 0.6) is 0 Å². The van der Waals surface area contributed by atoms with Gasteiger partial charge in [0.15, 0.2) is 0 Å². The summed E-state index contributed by atoms with van der Waals surface area (Å²) in [6.45, 7) is 2.53. The topological polar surface area (TPSA) is 72.7 Å². The number of nitrogens with one attached hydrogen (secondary N) is 1. The lowest BCUT2D eigenvalue weighted by Crippen LogP contribution is -2.16. The molecule has 0 fully saturated rings. The number of nitrogens with zero attached hydrogens (tertiary/aromatic N) is 4. The average molecular weight is 392 g/mol. The highest BCUT2D eigenvalue weighted by Crippen LogP contribution is 2.17. The van der Waals surface area contributed by atoms with E-state index in [9.17, 15) is 4.79 Å². The van der Waals surface area contributed by atoms with E-state index in [4.69, 9.17) is 0 Å². The first kappa shape index (κ1) is 15.8. The van der Waals surface area contributed by atoms with Gasteiger partial charge in [0.05, 0.1) is 18.4 Å². The number of rotatable bonds is 5. The number of hydrogen-bond acceptors (Lipinski definition) is 5. The Labute approximate surface area is 145 Å². The van der Waals surface area contributed by atoms with Crippen molar-refractivity contribution in [2.45, 2.75) is 19.9 Å². The van der Waals surface area contributed by atoms with E-state index in [1.807, 2.05) is 31.2 Å². The fraction of sp³-hybridized carbons (Fsp3) is 0.200. The fourth-order valence-electron chi connectivity index (χ4n) is 2.11. The highest BCUT2D eigenvalue weighted by Gasteiger charge is 2.16. The summed E-state index contributed by atoms with van der Waals surface area (Å²) in [6, 6.07) is 9.76. The second-order valence-corrected chi connectivity index (χ2v) is 6.53. The quantitative estimate of drug-likeness (QED) is 0.723. The number of hydrogen-bond donors (Lipinski definition) is 1. The largest absolute Gasteiger partial charge is 0.306 e. The van der Waals surface area contributed by atoms with E-state index < -0.39 is 0 Å². The predicted octanol–water partition coefficient (Wildman–Crippen LogP) is 3.36. The molecule has 0 radical (unpaired) electrons. The smallest absolute Gasteiger partial charge is 0.270 e. The zero-order valence-electron chi connectivity index (χ0n) is 12.4. The first-order valence-electron chi connectivity index (χ1n) is 7.06. The molecule has 0 saturated carbocycles. The van der Waals surface area contributed by atoms with Gasteiger partial charge in [0.25, 0.3) is 5.91 Å². The normalized spacial score (nSPS) is 10.7. The summed E-state index contributed by atoms with van der Waals surface area (Å²) in [7, 11) is 0. The van der Waals surface area contributed by atoms with Crippen LogP contribution in [-0.2, 0) is 13.0 Å². The van der Waals surface area contributed by atoms with E-state index in [1.54, 1.807) is 16.9 Å².